The highest BCUT2D eigenvalue weighted by Crippen LogP contribution is 2.36. The predicted molar refractivity (Wildman–Crippen MR) is 63.7 cm³/mol. The fourth-order valence-electron chi connectivity index (χ4n) is 1.83. The molecule has 1 saturated heterocycles. The van der Waals surface area contributed by atoms with Crippen molar-refractivity contribution in [3.63, 3.8) is 0 Å². The SMILES string of the molecule is O=S1(=O)CCC(C(O)c2cscc2Br)C1. The Morgan fingerprint density at radius 3 is 2.73 bits per heavy atom. The van der Waals surface area contributed by atoms with Gasteiger partial charge in [-0.3, -0.25) is 0 Å². The summed E-state index contributed by atoms with van der Waals surface area (Å²) in [7, 11) is -2.92. The highest BCUT2D eigenvalue weighted by atomic mass is 79.9. The lowest BCUT2D eigenvalue weighted by atomic mass is 9.97. The standard InChI is InChI=1S/C9H11BrO3S2/c10-8-4-14-3-7(8)9(11)6-1-2-15(12,13)5-6/h3-4,6,9,11H,1-2,5H2. The quantitative estimate of drug-likeness (QED) is 0.908. The fraction of sp³-hybridized carbons (Fsp3) is 0.556. The molecule has 0 amide bonds. The highest BCUT2D eigenvalue weighted by Gasteiger charge is 2.34. The third kappa shape index (κ3) is 2.43. The number of aliphatic hydroxyl groups excluding tert-OH is 1. The summed E-state index contributed by atoms with van der Waals surface area (Å²) in [6.45, 7) is 0. The van der Waals surface area contributed by atoms with Gasteiger partial charge in [0.05, 0.1) is 17.6 Å². The molecule has 1 aliphatic rings. The lowest BCUT2D eigenvalue weighted by Gasteiger charge is -2.15. The molecule has 84 valence electrons. The van der Waals surface area contributed by atoms with E-state index in [1.807, 2.05) is 10.8 Å². The number of hydrogen-bond donors (Lipinski definition) is 1. The molecule has 0 saturated carbocycles. The van der Waals surface area contributed by atoms with Crippen molar-refractivity contribution >= 4 is 37.1 Å². The van der Waals surface area contributed by atoms with Gasteiger partial charge in [-0.2, -0.15) is 11.3 Å². The van der Waals surface area contributed by atoms with Gasteiger partial charge in [0.2, 0.25) is 0 Å². The number of halogens is 1. The second-order valence-corrected chi connectivity index (χ2v) is 7.61. The Bertz CT molecular complexity index is 452. The Morgan fingerprint density at radius 1 is 1.53 bits per heavy atom. The van der Waals surface area contributed by atoms with E-state index in [0.717, 1.165) is 10.0 Å². The van der Waals surface area contributed by atoms with Crippen molar-refractivity contribution in [3.8, 4) is 0 Å². The summed E-state index contributed by atoms with van der Waals surface area (Å²) >= 11 is 4.84. The molecule has 1 N–H and O–H groups in total. The van der Waals surface area contributed by atoms with Crippen LogP contribution in [-0.4, -0.2) is 25.0 Å². The summed E-state index contributed by atoms with van der Waals surface area (Å²) in [5, 5.41) is 13.8. The molecule has 2 atom stereocenters. The van der Waals surface area contributed by atoms with E-state index >= 15 is 0 Å². The van der Waals surface area contributed by atoms with Gasteiger partial charge in [-0.05, 0) is 27.7 Å². The van der Waals surface area contributed by atoms with Gasteiger partial charge in [0.1, 0.15) is 0 Å². The first-order valence-corrected chi connectivity index (χ1v) is 8.15. The van der Waals surface area contributed by atoms with Gasteiger partial charge in [-0.1, -0.05) is 0 Å². The van der Waals surface area contributed by atoms with Crippen LogP contribution in [0.15, 0.2) is 15.2 Å². The Balaban J connectivity index is 2.17. The minimum atomic E-state index is -2.92. The van der Waals surface area contributed by atoms with E-state index in [1.54, 1.807) is 0 Å². The lowest BCUT2D eigenvalue weighted by Crippen LogP contribution is -2.14. The van der Waals surface area contributed by atoms with E-state index in [2.05, 4.69) is 15.9 Å². The average molecular weight is 311 g/mol. The van der Waals surface area contributed by atoms with Crippen molar-refractivity contribution in [1.82, 2.24) is 0 Å². The van der Waals surface area contributed by atoms with Crippen molar-refractivity contribution in [2.75, 3.05) is 11.5 Å². The zero-order chi connectivity index (χ0) is 11.1. The monoisotopic (exact) mass is 310 g/mol. The van der Waals surface area contributed by atoms with Crippen LogP contribution in [0.5, 0.6) is 0 Å². The predicted octanol–water partition coefficient (Wildman–Crippen LogP) is 1.98. The molecule has 2 unspecified atom stereocenters. The molecule has 0 aliphatic carbocycles. The lowest BCUT2D eigenvalue weighted by molar-refractivity contribution is 0.121. The zero-order valence-corrected chi connectivity index (χ0v) is 11.1. The molecule has 3 nitrogen and oxygen atoms in total. The van der Waals surface area contributed by atoms with Crippen LogP contribution in [0.3, 0.4) is 0 Å². The van der Waals surface area contributed by atoms with Crippen LogP contribution in [0.1, 0.15) is 18.1 Å². The van der Waals surface area contributed by atoms with Crippen LogP contribution < -0.4 is 0 Å². The maximum Gasteiger partial charge on any atom is 0.150 e. The second kappa shape index (κ2) is 4.16. The van der Waals surface area contributed by atoms with Gasteiger partial charge in [-0.25, -0.2) is 8.42 Å². The largest absolute Gasteiger partial charge is 0.388 e. The van der Waals surface area contributed by atoms with Gasteiger partial charge < -0.3 is 5.11 Å². The summed E-state index contributed by atoms with van der Waals surface area (Å²) in [6, 6.07) is 0. The second-order valence-electron chi connectivity index (χ2n) is 3.78. The number of hydrogen-bond acceptors (Lipinski definition) is 4. The third-order valence-corrected chi connectivity index (χ3v) is 6.22. The molecule has 1 aliphatic heterocycles. The van der Waals surface area contributed by atoms with E-state index in [1.165, 1.54) is 11.3 Å². The summed E-state index contributed by atoms with van der Waals surface area (Å²) in [6.07, 6.45) is -0.103. The van der Waals surface area contributed by atoms with E-state index in [0.29, 0.717) is 6.42 Å². The van der Waals surface area contributed by atoms with Gasteiger partial charge in [0.15, 0.2) is 9.84 Å². The molecule has 0 spiro atoms. The van der Waals surface area contributed by atoms with Gasteiger partial charge >= 0.3 is 0 Å². The molecule has 1 aromatic heterocycles. The van der Waals surface area contributed by atoms with Crippen LogP contribution >= 0.6 is 27.3 Å². The minimum Gasteiger partial charge on any atom is -0.388 e. The molecule has 6 heteroatoms. The van der Waals surface area contributed by atoms with Crippen molar-refractivity contribution in [3.05, 3.63) is 20.8 Å². The summed E-state index contributed by atoms with van der Waals surface area (Å²) < 4.78 is 23.4. The molecule has 1 fully saturated rings. The molecule has 0 radical (unpaired) electrons. The molecule has 15 heavy (non-hydrogen) atoms. The van der Waals surface area contributed by atoms with E-state index < -0.39 is 15.9 Å². The number of sulfone groups is 1. The van der Waals surface area contributed by atoms with Gasteiger partial charge in [0.25, 0.3) is 0 Å². The Hall–Kier alpha value is 0.0900. The molecule has 2 heterocycles. The number of thiophene rings is 1. The third-order valence-electron chi connectivity index (χ3n) is 2.68. The van der Waals surface area contributed by atoms with Crippen molar-refractivity contribution in [1.29, 1.82) is 0 Å². The molecule has 0 bridgehead atoms. The highest BCUT2D eigenvalue weighted by molar-refractivity contribution is 9.10. The summed E-state index contributed by atoms with van der Waals surface area (Å²) in [5.74, 6) is 0.160. The van der Waals surface area contributed by atoms with Gasteiger partial charge in [0, 0.05) is 21.3 Å². The molecule has 2 rings (SSSR count). The Labute approximate surface area is 101 Å². The topological polar surface area (TPSA) is 54.4 Å². The smallest absolute Gasteiger partial charge is 0.150 e. The zero-order valence-electron chi connectivity index (χ0n) is 7.89. The average Bonchev–Trinajstić information content (AvgIpc) is 2.71. The summed E-state index contributed by atoms with van der Waals surface area (Å²) in [4.78, 5) is 0. The maximum absolute atomic E-state index is 11.3. The number of rotatable bonds is 2. The van der Waals surface area contributed by atoms with Crippen LogP contribution in [0.4, 0.5) is 0 Å². The molecule has 1 aromatic rings. The molecule has 0 aromatic carbocycles. The normalized spacial score (nSPS) is 26.7. The minimum absolute atomic E-state index is 0.108. The first-order valence-electron chi connectivity index (χ1n) is 4.60. The summed E-state index contributed by atoms with van der Waals surface area (Å²) in [5.41, 5.74) is 0.808. The Morgan fingerprint density at radius 2 is 2.27 bits per heavy atom. The van der Waals surface area contributed by atoms with Crippen LogP contribution in [0, 0.1) is 5.92 Å². The van der Waals surface area contributed by atoms with Crippen molar-refractivity contribution in [2.24, 2.45) is 5.92 Å². The first-order chi connectivity index (χ1) is 6.99. The first kappa shape index (κ1) is 11.6. The van der Waals surface area contributed by atoms with E-state index in [4.69, 9.17) is 0 Å². The molecular weight excluding hydrogens is 300 g/mol. The van der Waals surface area contributed by atoms with Crippen molar-refractivity contribution in [2.45, 2.75) is 12.5 Å². The Kier molecular flexibility index (Phi) is 3.21. The van der Waals surface area contributed by atoms with E-state index in [9.17, 15) is 13.5 Å². The fourth-order valence-corrected chi connectivity index (χ4v) is 5.22. The van der Waals surface area contributed by atoms with Crippen molar-refractivity contribution < 1.29 is 13.5 Å². The maximum atomic E-state index is 11.3. The van der Waals surface area contributed by atoms with Crippen LogP contribution in [0.25, 0.3) is 0 Å². The number of aliphatic hydroxyl groups is 1. The van der Waals surface area contributed by atoms with Crippen LogP contribution in [0.2, 0.25) is 0 Å². The van der Waals surface area contributed by atoms with Gasteiger partial charge in [-0.15, -0.1) is 0 Å². The molecular formula is C9H11BrO3S2. The van der Waals surface area contributed by atoms with E-state index in [-0.39, 0.29) is 17.4 Å². The van der Waals surface area contributed by atoms with Crippen LogP contribution in [-0.2, 0) is 9.84 Å².